The summed E-state index contributed by atoms with van der Waals surface area (Å²) in [7, 11) is 0. The zero-order chi connectivity index (χ0) is 7.84. The van der Waals surface area contributed by atoms with Gasteiger partial charge in [-0.1, -0.05) is 11.6 Å². The van der Waals surface area contributed by atoms with Crippen LogP contribution in [0.2, 0.25) is 0 Å². The highest BCUT2D eigenvalue weighted by Crippen LogP contribution is 2.20. The Bertz CT molecular complexity index is 385. The van der Waals surface area contributed by atoms with Gasteiger partial charge in [0.25, 0.3) is 0 Å². The second-order valence-corrected chi connectivity index (χ2v) is 2.92. The lowest BCUT2D eigenvalue weighted by Crippen LogP contribution is -1.76. The van der Waals surface area contributed by atoms with E-state index in [0.717, 1.165) is 5.58 Å². The van der Waals surface area contributed by atoms with E-state index >= 15 is 0 Å². The van der Waals surface area contributed by atoms with Gasteiger partial charge in [-0.25, -0.2) is 0 Å². The molecule has 2 aromatic rings. The number of fused-ring (bicyclic) bond motifs is 1. The van der Waals surface area contributed by atoms with Gasteiger partial charge in [0.05, 0.1) is 6.26 Å². The third kappa shape index (κ3) is 0.929. The second-order valence-electron chi connectivity index (χ2n) is 2.92. The van der Waals surface area contributed by atoms with Gasteiger partial charge in [-0.15, -0.1) is 0 Å². The molecule has 0 spiro atoms. The first-order chi connectivity index (χ1) is 5.27. The molecule has 0 aliphatic heterocycles. The number of aryl methyl sites for hydroxylation is 2. The van der Waals surface area contributed by atoms with Crippen molar-refractivity contribution < 1.29 is 4.42 Å². The van der Waals surface area contributed by atoms with Gasteiger partial charge < -0.3 is 4.42 Å². The maximum Gasteiger partial charge on any atom is 0.136 e. The lowest BCUT2D eigenvalue weighted by Gasteiger charge is -1.96. The lowest BCUT2D eigenvalue weighted by atomic mass is 10.1. The molecule has 11 heavy (non-hydrogen) atoms. The Morgan fingerprint density at radius 3 is 2.82 bits per heavy atom. The van der Waals surface area contributed by atoms with Crippen LogP contribution < -0.4 is 0 Å². The van der Waals surface area contributed by atoms with Crippen molar-refractivity contribution in [3.8, 4) is 0 Å². The van der Waals surface area contributed by atoms with Gasteiger partial charge >= 0.3 is 0 Å². The van der Waals surface area contributed by atoms with Gasteiger partial charge in [-0.05, 0) is 31.5 Å². The van der Waals surface area contributed by atoms with Crippen molar-refractivity contribution in [2.75, 3.05) is 0 Å². The van der Waals surface area contributed by atoms with E-state index in [2.05, 4.69) is 26.0 Å². The quantitative estimate of drug-likeness (QED) is 0.556. The van der Waals surface area contributed by atoms with Crippen molar-refractivity contribution in [1.82, 2.24) is 0 Å². The molecule has 1 heterocycles. The molecule has 1 aromatic heterocycles. The summed E-state index contributed by atoms with van der Waals surface area (Å²) in [6.07, 6.45) is 1.73. The van der Waals surface area contributed by atoms with Crippen molar-refractivity contribution in [1.29, 1.82) is 0 Å². The summed E-state index contributed by atoms with van der Waals surface area (Å²) < 4.78 is 5.30. The van der Waals surface area contributed by atoms with Crippen molar-refractivity contribution in [3.63, 3.8) is 0 Å². The van der Waals surface area contributed by atoms with Gasteiger partial charge in [0.15, 0.2) is 0 Å². The summed E-state index contributed by atoms with van der Waals surface area (Å²) in [5, 5.41) is 1.20. The van der Waals surface area contributed by atoms with E-state index in [1.807, 2.05) is 6.07 Å². The Labute approximate surface area is 65.6 Å². The summed E-state index contributed by atoms with van der Waals surface area (Å²) in [4.78, 5) is 0. The van der Waals surface area contributed by atoms with Crippen LogP contribution in [0.4, 0.5) is 0 Å². The van der Waals surface area contributed by atoms with Crippen molar-refractivity contribution in [2.45, 2.75) is 13.8 Å². The Hall–Kier alpha value is -1.24. The lowest BCUT2D eigenvalue weighted by molar-refractivity contribution is 0.613. The molecule has 0 bridgehead atoms. The van der Waals surface area contributed by atoms with E-state index < -0.39 is 0 Å². The van der Waals surface area contributed by atoms with Crippen molar-refractivity contribution in [2.24, 2.45) is 0 Å². The van der Waals surface area contributed by atoms with Crippen molar-refractivity contribution in [3.05, 3.63) is 35.6 Å². The molecule has 0 saturated heterocycles. The summed E-state index contributed by atoms with van der Waals surface area (Å²) >= 11 is 0. The highest BCUT2D eigenvalue weighted by Gasteiger charge is 1.99. The van der Waals surface area contributed by atoms with Crippen LogP contribution in [0.15, 0.2) is 28.9 Å². The van der Waals surface area contributed by atoms with E-state index in [9.17, 15) is 0 Å². The second kappa shape index (κ2) is 2.12. The highest BCUT2D eigenvalue weighted by atomic mass is 16.3. The summed E-state index contributed by atoms with van der Waals surface area (Å²) in [5.41, 5.74) is 3.51. The minimum Gasteiger partial charge on any atom is -0.464 e. The first-order valence-corrected chi connectivity index (χ1v) is 3.72. The minimum absolute atomic E-state index is 1.01. The molecule has 0 radical (unpaired) electrons. The average Bonchev–Trinajstić information content (AvgIpc) is 2.34. The van der Waals surface area contributed by atoms with E-state index in [-0.39, 0.29) is 0 Å². The molecule has 0 N–H and O–H groups in total. The van der Waals surface area contributed by atoms with Crippen molar-refractivity contribution >= 4 is 11.0 Å². The summed E-state index contributed by atoms with van der Waals surface area (Å²) in [6.45, 7) is 4.16. The summed E-state index contributed by atoms with van der Waals surface area (Å²) in [6, 6.07) is 6.26. The van der Waals surface area contributed by atoms with Crippen LogP contribution in [0.3, 0.4) is 0 Å². The molecule has 0 fully saturated rings. The van der Waals surface area contributed by atoms with E-state index in [1.54, 1.807) is 6.26 Å². The first kappa shape index (κ1) is 6.47. The predicted molar refractivity (Wildman–Crippen MR) is 45.7 cm³/mol. The van der Waals surface area contributed by atoms with E-state index in [1.165, 1.54) is 16.5 Å². The molecule has 0 atom stereocenters. The van der Waals surface area contributed by atoms with Crippen LogP contribution in [-0.4, -0.2) is 0 Å². The SMILES string of the molecule is Cc1cc(C)c2occc2c1. The van der Waals surface area contributed by atoms with Crippen LogP contribution in [0, 0.1) is 13.8 Å². The third-order valence-corrected chi connectivity index (χ3v) is 1.88. The molecule has 1 heteroatoms. The molecule has 56 valence electrons. The number of hydrogen-bond acceptors (Lipinski definition) is 1. The topological polar surface area (TPSA) is 13.1 Å². The maximum absolute atomic E-state index is 5.30. The maximum atomic E-state index is 5.30. The Balaban J connectivity index is 2.91. The Morgan fingerprint density at radius 1 is 1.18 bits per heavy atom. The molecule has 0 amide bonds. The fraction of sp³-hybridized carbons (Fsp3) is 0.200. The highest BCUT2D eigenvalue weighted by molar-refractivity contribution is 5.80. The number of furan rings is 1. The number of rotatable bonds is 0. The largest absolute Gasteiger partial charge is 0.464 e. The molecule has 2 rings (SSSR count). The van der Waals surface area contributed by atoms with Crippen LogP contribution in [0.1, 0.15) is 11.1 Å². The fourth-order valence-corrected chi connectivity index (χ4v) is 1.45. The van der Waals surface area contributed by atoms with Gasteiger partial charge in [0.2, 0.25) is 0 Å². The zero-order valence-corrected chi connectivity index (χ0v) is 6.72. The number of hydrogen-bond donors (Lipinski definition) is 0. The van der Waals surface area contributed by atoms with Crippen LogP contribution >= 0.6 is 0 Å². The molecular weight excluding hydrogens is 136 g/mol. The normalized spacial score (nSPS) is 10.7. The van der Waals surface area contributed by atoms with Gasteiger partial charge in [0.1, 0.15) is 5.58 Å². The van der Waals surface area contributed by atoms with Gasteiger partial charge in [-0.2, -0.15) is 0 Å². The first-order valence-electron chi connectivity index (χ1n) is 3.72. The molecule has 1 aromatic carbocycles. The smallest absolute Gasteiger partial charge is 0.136 e. The van der Waals surface area contributed by atoms with E-state index in [4.69, 9.17) is 4.42 Å². The molecule has 0 aliphatic carbocycles. The average molecular weight is 146 g/mol. The van der Waals surface area contributed by atoms with Crippen LogP contribution in [0.25, 0.3) is 11.0 Å². The predicted octanol–water partition coefficient (Wildman–Crippen LogP) is 3.05. The van der Waals surface area contributed by atoms with Crippen LogP contribution in [0.5, 0.6) is 0 Å². The molecular formula is C10H10O. The Kier molecular flexibility index (Phi) is 1.25. The number of benzene rings is 1. The van der Waals surface area contributed by atoms with Crippen LogP contribution in [-0.2, 0) is 0 Å². The van der Waals surface area contributed by atoms with Gasteiger partial charge in [0, 0.05) is 5.39 Å². The third-order valence-electron chi connectivity index (χ3n) is 1.88. The standard InChI is InChI=1S/C10H10O/c1-7-5-8(2)10-9(6-7)3-4-11-10/h3-6H,1-2H3. The van der Waals surface area contributed by atoms with E-state index in [0.29, 0.717) is 0 Å². The zero-order valence-electron chi connectivity index (χ0n) is 6.72. The molecule has 0 saturated carbocycles. The monoisotopic (exact) mass is 146 g/mol. The minimum atomic E-state index is 1.01. The molecule has 0 aliphatic rings. The molecule has 1 nitrogen and oxygen atoms in total. The summed E-state index contributed by atoms with van der Waals surface area (Å²) in [5.74, 6) is 0. The fourth-order valence-electron chi connectivity index (χ4n) is 1.45. The Morgan fingerprint density at radius 2 is 2.00 bits per heavy atom. The van der Waals surface area contributed by atoms with Gasteiger partial charge in [-0.3, -0.25) is 0 Å². The molecule has 0 unspecified atom stereocenters.